The minimum absolute atomic E-state index is 0.0741. The summed E-state index contributed by atoms with van der Waals surface area (Å²) in [6, 6.07) is 25.2. The van der Waals surface area contributed by atoms with Crippen molar-refractivity contribution in [2.45, 2.75) is 6.17 Å². The molecule has 0 spiro atoms. The van der Waals surface area contributed by atoms with E-state index in [9.17, 15) is 4.79 Å². The highest BCUT2D eigenvalue weighted by molar-refractivity contribution is 6.12. The molecule has 1 unspecified atom stereocenters. The number of hydrogen-bond donors (Lipinski definition) is 1. The van der Waals surface area contributed by atoms with Gasteiger partial charge in [0, 0.05) is 17.3 Å². The summed E-state index contributed by atoms with van der Waals surface area (Å²) in [5, 5.41) is 4.59. The van der Waals surface area contributed by atoms with E-state index in [1.54, 1.807) is 18.2 Å². The van der Waals surface area contributed by atoms with E-state index in [1.165, 1.54) is 0 Å². The van der Waals surface area contributed by atoms with Crippen LogP contribution in [-0.2, 0) is 0 Å². The van der Waals surface area contributed by atoms with Gasteiger partial charge in [-0.3, -0.25) is 14.7 Å². The molecule has 1 aliphatic heterocycles. The molecule has 4 aromatic rings. The first-order valence-electron chi connectivity index (χ1n) is 9.43. The molecular formula is C24H19N3O2. The number of para-hydroxylation sites is 3. The number of fused-ring (bicyclic) bond motifs is 2. The predicted octanol–water partition coefficient (Wildman–Crippen LogP) is 5.01. The molecule has 0 saturated heterocycles. The van der Waals surface area contributed by atoms with Crippen LogP contribution in [0, 0.1) is 0 Å². The summed E-state index contributed by atoms with van der Waals surface area (Å²) in [7, 11) is 1.61. The Morgan fingerprint density at radius 2 is 1.79 bits per heavy atom. The lowest BCUT2D eigenvalue weighted by atomic mass is 10.0. The van der Waals surface area contributed by atoms with Crippen LogP contribution in [0.2, 0.25) is 0 Å². The summed E-state index contributed by atoms with van der Waals surface area (Å²) in [4.78, 5) is 19.8. The van der Waals surface area contributed by atoms with Gasteiger partial charge in [-0.15, -0.1) is 0 Å². The van der Waals surface area contributed by atoms with Crippen LogP contribution in [0.25, 0.3) is 10.9 Å². The maximum absolute atomic E-state index is 13.5. The van der Waals surface area contributed by atoms with Gasteiger partial charge in [0.05, 0.1) is 23.9 Å². The highest BCUT2D eigenvalue weighted by atomic mass is 16.5. The molecule has 0 saturated carbocycles. The lowest BCUT2D eigenvalue weighted by Crippen LogP contribution is -2.43. The van der Waals surface area contributed by atoms with E-state index >= 15 is 0 Å². The summed E-state index contributed by atoms with van der Waals surface area (Å²) in [5.74, 6) is 0.570. The number of pyridine rings is 1. The molecule has 0 fully saturated rings. The minimum atomic E-state index is -0.389. The fourth-order valence-electron chi connectivity index (χ4n) is 3.82. The van der Waals surface area contributed by atoms with Crippen molar-refractivity contribution in [3.63, 3.8) is 0 Å². The van der Waals surface area contributed by atoms with Gasteiger partial charge in [0.2, 0.25) is 0 Å². The van der Waals surface area contributed by atoms with E-state index in [0.717, 1.165) is 22.2 Å². The van der Waals surface area contributed by atoms with Crippen molar-refractivity contribution >= 4 is 28.2 Å². The zero-order valence-electron chi connectivity index (χ0n) is 15.9. The number of anilines is 2. The zero-order valence-corrected chi connectivity index (χ0v) is 15.9. The van der Waals surface area contributed by atoms with E-state index in [2.05, 4.69) is 10.3 Å². The van der Waals surface area contributed by atoms with Crippen molar-refractivity contribution in [1.29, 1.82) is 0 Å². The quantitative estimate of drug-likeness (QED) is 0.542. The number of ether oxygens (including phenoxy) is 1. The number of nitrogens with one attached hydrogen (secondary N) is 1. The number of benzene rings is 3. The Balaban J connectivity index is 1.70. The highest BCUT2D eigenvalue weighted by Crippen LogP contribution is 2.40. The van der Waals surface area contributed by atoms with Crippen molar-refractivity contribution in [3.8, 4) is 5.75 Å². The van der Waals surface area contributed by atoms with Crippen LogP contribution < -0.4 is 15.0 Å². The highest BCUT2D eigenvalue weighted by Gasteiger charge is 2.35. The Hall–Kier alpha value is -3.86. The average molecular weight is 381 g/mol. The van der Waals surface area contributed by atoms with Gasteiger partial charge in [0.1, 0.15) is 11.9 Å². The van der Waals surface area contributed by atoms with Gasteiger partial charge in [-0.1, -0.05) is 42.5 Å². The Morgan fingerprint density at radius 1 is 0.966 bits per heavy atom. The number of hydrogen-bond acceptors (Lipinski definition) is 4. The van der Waals surface area contributed by atoms with Gasteiger partial charge in [-0.05, 0) is 42.0 Å². The third kappa shape index (κ3) is 2.88. The molecular weight excluding hydrogens is 362 g/mol. The Bertz CT molecular complexity index is 1220. The molecule has 1 aromatic heterocycles. The monoisotopic (exact) mass is 381 g/mol. The second-order valence-electron chi connectivity index (χ2n) is 6.90. The Labute approximate surface area is 168 Å². The predicted molar refractivity (Wildman–Crippen MR) is 114 cm³/mol. The van der Waals surface area contributed by atoms with Crippen molar-refractivity contribution < 1.29 is 9.53 Å². The van der Waals surface area contributed by atoms with Crippen LogP contribution in [0.3, 0.4) is 0 Å². The van der Waals surface area contributed by atoms with Crippen molar-refractivity contribution in [1.82, 2.24) is 4.98 Å². The fraction of sp³-hybridized carbons (Fsp3) is 0.0833. The van der Waals surface area contributed by atoms with Gasteiger partial charge >= 0.3 is 0 Å². The first-order valence-corrected chi connectivity index (χ1v) is 9.43. The summed E-state index contributed by atoms with van der Waals surface area (Å²) in [5.41, 5.74) is 4.00. The average Bonchev–Trinajstić information content (AvgIpc) is 2.79. The van der Waals surface area contributed by atoms with Gasteiger partial charge in [-0.25, -0.2) is 0 Å². The molecule has 5 nitrogen and oxygen atoms in total. The number of methoxy groups -OCH3 is 1. The number of carbonyl (C=O) groups excluding carboxylic acids is 1. The molecule has 0 bridgehead atoms. The van der Waals surface area contributed by atoms with Gasteiger partial charge in [0.25, 0.3) is 5.91 Å². The molecule has 5 heteroatoms. The number of carbonyl (C=O) groups is 1. The summed E-state index contributed by atoms with van der Waals surface area (Å²) >= 11 is 0. The molecule has 5 rings (SSSR count). The van der Waals surface area contributed by atoms with Crippen LogP contribution in [0.1, 0.15) is 22.1 Å². The Kier molecular flexibility index (Phi) is 4.13. The van der Waals surface area contributed by atoms with Crippen molar-refractivity contribution in [2.24, 2.45) is 0 Å². The SMILES string of the molecule is COc1ccccc1N1C(=O)c2ccccc2NC1c1ccc2cccnc2c1. The molecule has 142 valence electrons. The second kappa shape index (κ2) is 6.95. The summed E-state index contributed by atoms with van der Waals surface area (Å²) < 4.78 is 5.56. The molecule has 0 aliphatic carbocycles. The molecule has 1 amide bonds. The van der Waals surface area contributed by atoms with Gasteiger partial charge < -0.3 is 10.1 Å². The third-order valence-corrected chi connectivity index (χ3v) is 5.22. The smallest absolute Gasteiger partial charge is 0.262 e. The van der Waals surface area contributed by atoms with Crippen LogP contribution in [0.4, 0.5) is 11.4 Å². The van der Waals surface area contributed by atoms with Crippen molar-refractivity contribution in [2.75, 3.05) is 17.3 Å². The second-order valence-corrected chi connectivity index (χ2v) is 6.90. The standard InChI is InChI=1S/C24H19N3O2/c1-29-22-11-5-4-10-21(22)27-23(26-19-9-3-2-8-18(19)24(27)28)17-13-12-16-7-6-14-25-20(16)15-17/h2-15,23,26H,1H3. The maximum atomic E-state index is 13.5. The van der Waals surface area contributed by atoms with E-state index in [-0.39, 0.29) is 12.1 Å². The largest absolute Gasteiger partial charge is 0.495 e. The number of nitrogens with zero attached hydrogens (tertiary/aromatic N) is 2. The maximum Gasteiger partial charge on any atom is 0.262 e. The van der Waals surface area contributed by atoms with E-state index < -0.39 is 0 Å². The van der Waals surface area contributed by atoms with E-state index in [0.29, 0.717) is 17.0 Å². The normalized spacial score (nSPS) is 15.7. The number of rotatable bonds is 3. The van der Waals surface area contributed by atoms with E-state index in [1.807, 2.05) is 78.9 Å². The van der Waals surface area contributed by atoms with Crippen LogP contribution >= 0.6 is 0 Å². The third-order valence-electron chi connectivity index (χ3n) is 5.22. The van der Waals surface area contributed by atoms with Gasteiger partial charge in [0.15, 0.2) is 0 Å². The number of aromatic nitrogens is 1. The molecule has 2 heterocycles. The zero-order chi connectivity index (χ0) is 19.8. The first kappa shape index (κ1) is 17.3. The lowest BCUT2D eigenvalue weighted by Gasteiger charge is -2.38. The first-order chi connectivity index (χ1) is 14.3. The van der Waals surface area contributed by atoms with Crippen LogP contribution in [0.5, 0.6) is 5.75 Å². The van der Waals surface area contributed by atoms with E-state index in [4.69, 9.17) is 4.74 Å². The lowest BCUT2D eigenvalue weighted by molar-refractivity contribution is 0.0974. The van der Waals surface area contributed by atoms with Crippen LogP contribution in [0.15, 0.2) is 85.1 Å². The minimum Gasteiger partial charge on any atom is -0.495 e. The summed E-state index contributed by atoms with van der Waals surface area (Å²) in [6.07, 6.45) is 1.39. The molecule has 1 N–H and O–H groups in total. The molecule has 1 atom stereocenters. The number of amides is 1. The van der Waals surface area contributed by atoms with Gasteiger partial charge in [-0.2, -0.15) is 0 Å². The fourth-order valence-corrected chi connectivity index (χ4v) is 3.82. The van der Waals surface area contributed by atoms with Crippen molar-refractivity contribution in [3.05, 3.63) is 96.2 Å². The van der Waals surface area contributed by atoms with Crippen LogP contribution in [-0.4, -0.2) is 18.0 Å². The Morgan fingerprint density at radius 3 is 2.69 bits per heavy atom. The topological polar surface area (TPSA) is 54.5 Å². The molecule has 1 aliphatic rings. The summed E-state index contributed by atoms with van der Waals surface area (Å²) in [6.45, 7) is 0. The molecule has 3 aromatic carbocycles. The molecule has 29 heavy (non-hydrogen) atoms. The molecule has 0 radical (unpaired) electrons.